The van der Waals surface area contributed by atoms with E-state index in [4.69, 9.17) is 4.74 Å². The summed E-state index contributed by atoms with van der Waals surface area (Å²) in [6, 6.07) is 15.3. The van der Waals surface area contributed by atoms with E-state index in [0.29, 0.717) is 12.2 Å². The molecule has 5 nitrogen and oxygen atoms in total. The van der Waals surface area contributed by atoms with Crippen molar-refractivity contribution >= 4 is 38.6 Å². The Morgan fingerprint density at radius 1 is 1.15 bits per heavy atom. The summed E-state index contributed by atoms with van der Waals surface area (Å²) in [5.74, 6) is -0.520. The van der Waals surface area contributed by atoms with Crippen LogP contribution in [0.25, 0.3) is 10.9 Å². The number of rotatable bonds is 7. The number of carbonyl (C=O) groups excluding carboxylic acids is 2. The molecule has 0 aliphatic carbocycles. The number of methoxy groups -OCH3 is 1. The van der Waals surface area contributed by atoms with Crippen LogP contribution < -0.4 is 0 Å². The molecule has 1 aromatic heterocycles. The number of esters is 1. The highest BCUT2D eigenvalue weighted by molar-refractivity contribution is 9.10. The number of fused-ring (bicyclic) bond motifs is 1. The van der Waals surface area contributed by atoms with Crippen LogP contribution in [0.1, 0.15) is 17.8 Å². The highest BCUT2D eigenvalue weighted by atomic mass is 79.9. The van der Waals surface area contributed by atoms with Gasteiger partial charge in [0.1, 0.15) is 11.6 Å². The van der Waals surface area contributed by atoms with Gasteiger partial charge in [-0.3, -0.25) is 9.59 Å². The minimum Gasteiger partial charge on any atom is -0.469 e. The van der Waals surface area contributed by atoms with Gasteiger partial charge in [0.15, 0.2) is 0 Å². The molecule has 1 atom stereocenters. The van der Waals surface area contributed by atoms with Crippen LogP contribution in [0.3, 0.4) is 0 Å². The molecule has 1 heterocycles. The fourth-order valence-electron chi connectivity index (χ4n) is 2.96. The van der Waals surface area contributed by atoms with Gasteiger partial charge in [-0.15, -0.1) is 0 Å². The van der Waals surface area contributed by atoms with Crippen LogP contribution in [0.5, 0.6) is 0 Å². The fourth-order valence-corrected chi connectivity index (χ4v) is 3.33. The first kappa shape index (κ1) is 19.2. The lowest BCUT2D eigenvalue weighted by Gasteiger charge is -2.14. The Balaban J connectivity index is 1.70. The number of halogens is 1. The molecule has 0 saturated heterocycles. The quantitative estimate of drug-likeness (QED) is 0.535. The lowest BCUT2D eigenvalue weighted by molar-refractivity contribution is -0.147. The van der Waals surface area contributed by atoms with Gasteiger partial charge in [0.25, 0.3) is 0 Å². The Kier molecular flexibility index (Phi) is 6.29. The molecule has 0 N–H and O–H groups in total. The van der Waals surface area contributed by atoms with Crippen LogP contribution in [0.15, 0.2) is 59.2 Å². The summed E-state index contributed by atoms with van der Waals surface area (Å²) in [6.07, 6.45) is 2.36. The van der Waals surface area contributed by atoms with Gasteiger partial charge in [0.2, 0.25) is 0 Å². The van der Waals surface area contributed by atoms with Crippen LogP contribution >= 0.6 is 15.9 Å². The molecular formula is C21H19BrN2O3. The van der Waals surface area contributed by atoms with Crippen LogP contribution in [-0.2, 0) is 27.2 Å². The van der Waals surface area contributed by atoms with E-state index in [1.54, 1.807) is 6.20 Å². The van der Waals surface area contributed by atoms with E-state index < -0.39 is 5.92 Å². The molecule has 0 aliphatic rings. The molecule has 3 rings (SSSR count). The van der Waals surface area contributed by atoms with Crippen molar-refractivity contribution in [2.24, 2.45) is 5.92 Å². The third kappa shape index (κ3) is 5.20. The average Bonchev–Trinajstić information content (AvgIpc) is 2.67. The van der Waals surface area contributed by atoms with Crippen molar-refractivity contribution in [2.75, 3.05) is 7.11 Å². The summed E-state index contributed by atoms with van der Waals surface area (Å²) < 4.78 is 5.83. The number of hydrogen-bond acceptors (Lipinski definition) is 5. The first-order valence-electron chi connectivity index (χ1n) is 8.60. The molecule has 0 amide bonds. The third-order valence-corrected chi connectivity index (χ3v) is 4.77. The van der Waals surface area contributed by atoms with Gasteiger partial charge >= 0.3 is 5.97 Å². The van der Waals surface area contributed by atoms with Gasteiger partial charge in [-0.2, -0.15) is 0 Å². The molecule has 0 fully saturated rings. The maximum atomic E-state index is 12.5. The maximum Gasteiger partial charge on any atom is 0.309 e. The van der Waals surface area contributed by atoms with Crippen molar-refractivity contribution in [1.82, 2.24) is 9.97 Å². The van der Waals surface area contributed by atoms with Crippen molar-refractivity contribution < 1.29 is 14.3 Å². The molecule has 27 heavy (non-hydrogen) atoms. The van der Waals surface area contributed by atoms with E-state index in [2.05, 4.69) is 25.9 Å². The second kappa shape index (κ2) is 8.86. The zero-order valence-electron chi connectivity index (χ0n) is 14.9. The zero-order valence-corrected chi connectivity index (χ0v) is 16.5. The number of nitrogens with zero attached hydrogens (tertiary/aromatic N) is 2. The van der Waals surface area contributed by atoms with E-state index in [1.165, 1.54) is 7.11 Å². The minimum absolute atomic E-state index is 0.0854. The van der Waals surface area contributed by atoms with E-state index in [0.717, 1.165) is 20.9 Å². The summed E-state index contributed by atoms with van der Waals surface area (Å²) in [6.45, 7) is 0. The standard InChI is InChI=1S/C21H19BrN2O3/c1-27-21(26)15(9-14-5-3-2-4-6-14)11-18(25)12-20-23-13-16-10-17(22)7-8-19(16)24-20/h2-8,10,13,15H,9,11-12H2,1H3/t15-/m1/s1. The van der Waals surface area contributed by atoms with Gasteiger partial charge in [-0.1, -0.05) is 46.3 Å². The van der Waals surface area contributed by atoms with E-state index >= 15 is 0 Å². The van der Waals surface area contributed by atoms with Gasteiger partial charge in [0, 0.05) is 22.5 Å². The molecule has 3 aromatic rings. The summed E-state index contributed by atoms with van der Waals surface area (Å²) in [5.41, 5.74) is 1.78. The highest BCUT2D eigenvalue weighted by Gasteiger charge is 2.23. The van der Waals surface area contributed by atoms with Gasteiger partial charge < -0.3 is 4.74 Å². The summed E-state index contributed by atoms with van der Waals surface area (Å²) in [5, 5.41) is 0.900. The van der Waals surface area contributed by atoms with Crippen molar-refractivity contribution in [3.63, 3.8) is 0 Å². The fraction of sp³-hybridized carbons (Fsp3) is 0.238. The first-order valence-corrected chi connectivity index (χ1v) is 9.39. The number of aromatic nitrogens is 2. The van der Waals surface area contributed by atoms with E-state index in [-0.39, 0.29) is 24.6 Å². The molecule has 6 heteroatoms. The second-order valence-electron chi connectivity index (χ2n) is 6.32. The molecule has 138 valence electrons. The van der Waals surface area contributed by atoms with E-state index in [9.17, 15) is 9.59 Å². The number of hydrogen-bond donors (Lipinski definition) is 0. The monoisotopic (exact) mass is 426 g/mol. The predicted molar refractivity (Wildman–Crippen MR) is 106 cm³/mol. The molecule has 0 bridgehead atoms. The number of Topliss-reactive ketones (excluding diaryl/α,β-unsaturated/α-hetero) is 1. The Hall–Kier alpha value is -2.60. The van der Waals surface area contributed by atoms with Gasteiger partial charge in [0.05, 0.1) is 25.0 Å². The number of benzene rings is 2. The SMILES string of the molecule is COC(=O)[C@@H](CC(=O)Cc1ncc2cc(Br)ccc2n1)Cc1ccccc1. The number of carbonyl (C=O) groups is 2. The van der Waals surface area contributed by atoms with Crippen molar-refractivity contribution in [2.45, 2.75) is 19.3 Å². The van der Waals surface area contributed by atoms with Crippen LogP contribution in [0.2, 0.25) is 0 Å². The summed E-state index contributed by atoms with van der Waals surface area (Å²) in [7, 11) is 1.34. The highest BCUT2D eigenvalue weighted by Crippen LogP contribution is 2.19. The first-order chi connectivity index (χ1) is 13.0. The Labute approximate surface area is 165 Å². The summed E-state index contributed by atoms with van der Waals surface area (Å²) >= 11 is 3.41. The smallest absolute Gasteiger partial charge is 0.309 e. The zero-order chi connectivity index (χ0) is 19.2. The third-order valence-electron chi connectivity index (χ3n) is 4.28. The molecule has 0 unspecified atom stereocenters. The Bertz CT molecular complexity index is 960. The van der Waals surface area contributed by atoms with Crippen molar-refractivity contribution in [1.29, 1.82) is 0 Å². The predicted octanol–water partition coefficient (Wildman–Crippen LogP) is 3.93. The minimum atomic E-state index is -0.513. The molecule has 2 aromatic carbocycles. The largest absolute Gasteiger partial charge is 0.469 e. The Morgan fingerprint density at radius 2 is 1.93 bits per heavy atom. The molecule has 0 saturated carbocycles. The van der Waals surface area contributed by atoms with Gasteiger partial charge in [-0.25, -0.2) is 9.97 Å². The molecule has 0 aliphatic heterocycles. The lowest BCUT2D eigenvalue weighted by atomic mass is 9.93. The number of ketones is 1. The van der Waals surface area contributed by atoms with E-state index in [1.807, 2.05) is 48.5 Å². The molecule has 0 spiro atoms. The second-order valence-corrected chi connectivity index (χ2v) is 7.23. The average molecular weight is 427 g/mol. The normalized spacial score (nSPS) is 11.9. The summed E-state index contributed by atoms with van der Waals surface area (Å²) in [4.78, 5) is 33.3. The Morgan fingerprint density at radius 3 is 2.67 bits per heavy atom. The molecule has 0 radical (unpaired) electrons. The van der Waals surface area contributed by atoms with Crippen molar-refractivity contribution in [3.05, 3.63) is 70.6 Å². The van der Waals surface area contributed by atoms with Crippen LogP contribution in [0, 0.1) is 5.92 Å². The number of ether oxygens (including phenoxy) is 1. The van der Waals surface area contributed by atoms with Crippen LogP contribution in [0.4, 0.5) is 0 Å². The lowest BCUT2D eigenvalue weighted by Crippen LogP contribution is -2.23. The van der Waals surface area contributed by atoms with Crippen LogP contribution in [-0.4, -0.2) is 28.8 Å². The topological polar surface area (TPSA) is 69.2 Å². The van der Waals surface area contributed by atoms with Crippen molar-refractivity contribution in [3.8, 4) is 0 Å². The molecular weight excluding hydrogens is 408 g/mol. The maximum absolute atomic E-state index is 12.5. The van der Waals surface area contributed by atoms with Gasteiger partial charge in [-0.05, 0) is 30.2 Å².